The molecule has 0 saturated carbocycles. The van der Waals surface area contributed by atoms with Crippen LogP contribution in [0.5, 0.6) is 0 Å². The van der Waals surface area contributed by atoms with Gasteiger partial charge in [0.25, 0.3) is 0 Å². The van der Waals surface area contributed by atoms with Crippen molar-refractivity contribution in [3.63, 3.8) is 0 Å². The summed E-state index contributed by atoms with van der Waals surface area (Å²) in [7, 11) is 0. The minimum Gasteiger partial charge on any atom is -0.478 e. The number of carbonyl (C=O) groups is 1. The molecule has 0 spiro atoms. The molecule has 1 N–H and O–H groups in total. The van der Waals surface area contributed by atoms with Gasteiger partial charge in [-0.3, -0.25) is 0 Å². The van der Waals surface area contributed by atoms with Gasteiger partial charge in [-0.25, -0.2) is 9.48 Å². The highest BCUT2D eigenvalue weighted by Gasteiger charge is 2.22. The van der Waals surface area contributed by atoms with Crippen LogP contribution in [0.25, 0.3) is 5.69 Å². The Morgan fingerprint density at radius 2 is 2.05 bits per heavy atom. The number of carboxylic acids is 1. The molecule has 1 aromatic carbocycles. The van der Waals surface area contributed by atoms with Crippen LogP contribution in [0.2, 0.25) is 5.02 Å². The minimum absolute atomic E-state index is 0.276. The van der Waals surface area contributed by atoms with Gasteiger partial charge in [0.1, 0.15) is 5.56 Å². The van der Waals surface area contributed by atoms with Crippen molar-refractivity contribution in [2.24, 2.45) is 5.92 Å². The molecule has 0 aliphatic carbocycles. The summed E-state index contributed by atoms with van der Waals surface area (Å²) in [6, 6.07) is 7.27. The van der Waals surface area contributed by atoms with E-state index in [0.29, 0.717) is 34.4 Å². The lowest BCUT2D eigenvalue weighted by atomic mass is 10.0. The van der Waals surface area contributed by atoms with Crippen LogP contribution in [0.3, 0.4) is 0 Å². The van der Waals surface area contributed by atoms with Crippen LogP contribution < -0.4 is 0 Å². The fraction of sp³-hybridized carbons (Fsp3) is 0.333. The normalized spacial score (nSPS) is 11.1. The first-order valence-corrected chi connectivity index (χ1v) is 6.86. The van der Waals surface area contributed by atoms with Crippen LogP contribution in [0.1, 0.15) is 35.6 Å². The maximum Gasteiger partial charge on any atom is 0.339 e. The van der Waals surface area contributed by atoms with Gasteiger partial charge >= 0.3 is 5.97 Å². The zero-order chi connectivity index (χ0) is 14.9. The number of hydrogen-bond acceptors (Lipinski definition) is 2. The lowest BCUT2D eigenvalue weighted by Gasteiger charge is -2.06. The molecule has 5 heteroatoms. The smallest absolute Gasteiger partial charge is 0.339 e. The van der Waals surface area contributed by atoms with E-state index < -0.39 is 5.97 Å². The molecule has 1 aromatic heterocycles. The predicted molar refractivity (Wildman–Crippen MR) is 78.8 cm³/mol. The number of para-hydroxylation sites is 1. The zero-order valence-electron chi connectivity index (χ0n) is 11.7. The second-order valence-electron chi connectivity index (χ2n) is 5.17. The number of aromatic carboxylic acids is 1. The van der Waals surface area contributed by atoms with Crippen LogP contribution in [-0.2, 0) is 6.42 Å². The van der Waals surface area contributed by atoms with Crippen molar-refractivity contribution < 1.29 is 9.90 Å². The summed E-state index contributed by atoms with van der Waals surface area (Å²) in [6.45, 7) is 5.83. The second kappa shape index (κ2) is 5.67. The number of carboxylic acid groups (broad SMARTS) is 1. The summed E-state index contributed by atoms with van der Waals surface area (Å²) in [5.41, 5.74) is 2.17. The number of aromatic nitrogens is 2. The van der Waals surface area contributed by atoms with Crippen molar-refractivity contribution in [1.29, 1.82) is 0 Å². The first-order chi connectivity index (χ1) is 9.41. The van der Waals surface area contributed by atoms with Crippen molar-refractivity contribution in [1.82, 2.24) is 9.78 Å². The molecule has 0 atom stereocenters. The summed E-state index contributed by atoms with van der Waals surface area (Å²) in [5, 5.41) is 14.4. The van der Waals surface area contributed by atoms with Gasteiger partial charge in [-0.15, -0.1) is 0 Å². The Morgan fingerprint density at radius 1 is 1.40 bits per heavy atom. The summed E-state index contributed by atoms with van der Waals surface area (Å²) in [4.78, 5) is 11.5. The summed E-state index contributed by atoms with van der Waals surface area (Å²) in [6.07, 6.45) is 0.625. The molecule has 0 saturated heterocycles. The van der Waals surface area contributed by atoms with E-state index in [9.17, 15) is 9.90 Å². The molecular formula is C15H17ClN2O2. The summed E-state index contributed by atoms with van der Waals surface area (Å²) in [5.74, 6) is -0.612. The van der Waals surface area contributed by atoms with Gasteiger partial charge in [0.15, 0.2) is 0 Å². The van der Waals surface area contributed by atoms with E-state index in [0.717, 1.165) is 0 Å². The first kappa shape index (κ1) is 14.6. The fourth-order valence-corrected chi connectivity index (χ4v) is 2.44. The molecule has 106 valence electrons. The van der Waals surface area contributed by atoms with E-state index in [-0.39, 0.29) is 5.56 Å². The highest BCUT2D eigenvalue weighted by molar-refractivity contribution is 6.32. The average molecular weight is 293 g/mol. The molecule has 4 nitrogen and oxygen atoms in total. The Hall–Kier alpha value is -1.81. The summed E-state index contributed by atoms with van der Waals surface area (Å²) < 4.78 is 1.61. The average Bonchev–Trinajstić information content (AvgIpc) is 2.66. The molecule has 2 rings (SSSR count). The topological polar surface area (TPSA) is 55.1 Å². The zero-order valence-corrected chi connectivity index (χ0v) is 12.5. The van der Waals surface area contributed by atoms with Gasteiger partial charge in [-0.1, -0.05) is 37.6 Å². The maximum atomic E-state index is 11.5. The molecule has 0 aliphatic heterocycles. The van der Waals surface area contributed by atoms with Crippen LogP contribution in [0.4, 0.5) is 0 Å². The minimum atomic E-state index is -0.948. The van der Waals surface area contributed by atoms with Gasteiger partial charge in [-0.2, -0.15) is 5.10 Å². The van der Waals surface area contributed by atoms with Gasteiger partial charge in [0, 0.05) is 0 Å². The molecular weight excluding hydrogens is 276 g/mol. The number of hydrogen-bond donors (Lipinski definition) is 1. The van der Waals surface area contributed by atoms with Crippen LogP contribution in [0, 0.1) is 12.8 Å². The molecule has 0 aliphatic rings. The van der Waals surface area contributed by atoms with Crippen molar-refractivity contribution in [2.45, 2.75) is 27.2 Å². The first-order valence-electron chi connectivity index (χ1n) is 6.48. The van der Waals surface area contributed by atoms with Crippen molar-refractivity contribution >= 4 is 17.6 Å². The van der Waals surface area contributed by atoms with Gasteiger partial charge in [0.2, 0.25) is 0 Å². The van der Waals surface area contributed by atoms with E-state index in [1.165, 1.54) is 0 Å². The summed E-state index contributed by atoms with van der Waals surface area (Å²) >= 11 is 6.17. The van der Waals surface area contributed by atoms with E-state index in [1.807, 2.05) is 32.0 Å². The molecule has 0 radical (unpaired) electrons. The third-order valence-electron chi connectivity index (χ3n) is 3.08. The van der Waals surface area contributed by atoms with Crippen LogP contribution >= 0.6 is 11.6 Å². The van der Waals surface area contributed by atoms with Crippen molar-refractivity contribution in [3.8, 4) is 5.69 Å². The Kier molecular flexibility index (Phi) is 4.14. The third kappa shape index (κ3) is 2.70. The molecule has 20 heavy (non-hydrogen) atoms. The van der Waals surface area contributed by atoms with Gasteiger partial charge in [0.05, 0.1) is 22.1 Å². The van der Waals surface area contributed by atoms with E-state index in [2.05, 4.69) is 5.10 Å². The fourth-order valence-electron chi connectivity index (χ4n) is 2.23. The Balaban J connectivity index is 2.61. The monoisotopic (exact) mass is 292 g/mol. The maximum absolute atomic E-state index is 11.5. The molecule has 1 heterocycles. The van der Waals surface area contributed by atoms with E-state index in [1.54, 1.807) is 17.7 Å². The molecule has 0 bridgehead atoms. The molecule has 0 fully saturated rings. The molecule has 0 amide bonds. The second-order valence-corrected chi connectivity index (χ2v) is 5.58. The van der Waals surface area contributed by atoms with E-state index >= 15 is 0 Å². The quantitative estimate of drug-likeness (QED) is 0.934. The Bertz CT molecular complexity index is 647. The Labute approximate surface area is 123 Å². The number of benzene rings is 1. The SMILES string of the molecule is Cc1c(C(=O)O)c(CC(C)C)nn1-c1ccccc1Cl. The van der Waals surface area contributed by atoms with Crippen LogP contribution in [-0.4, -0.2) is 20.9 Å². The third-order valence-corrected chi connectivity index (χ3v) is 3.40. The van der Waals surface area contributed by atoms with Gasteiger partial charge in [-0.05, 0) is 31.4 Å². The molecule has 2 aromatic rings. The highest BCUT2D eigenvalue weighted by Crippen LogP contribution is 2.25. The predicted octanol–water partition coefficient (Wildman–Crippen LogP) is 3.73. The molecule has 0 unspecified atom stereocenters. The lowest BCUT2D eigenvalue weighted by molar-refractivity contribution is 0.0694. The van der Waals surface area contributed by atoms with Crippen molar-refractivity contribution in [3.05, 3.63) is 46.2 Å². The van der Waals surface area contributed by atoms with Crippen LogP contribution in [0.15, 0.2) is 24.3 Å². The highest BCUT2D eigenvalue weighted by atomic mass is 35.5. The van der Waals surface area contributed by atoms with Crippen molar-refractivity contribution in [2.75, 3.05) is 0 Å². The lowest BCUT2D eigenvalue weighted by Crippen LogP contribution is -2.04. The Morgan fingerprint density at radius 3 is 2.60 bits per heavy atom. The van der Waals surface area contributed by atoms with Gasteiger partial charge < -0.3 is 5.11 Å². The number of nitrogens with zero attached hydrogens (tertiary/aromatic N) is 2. The van der Waals surface area contributed by atoms with E-state index in [4.69, 9.17) is 11.6 Å². The number of rotatable bonds is 4. The number of halogens is 1. The largest absolute Gasteiger partial charge is 0.478 e. The standard InChI is InChI=1S/C15H17ClN2O2/c1-9(2)8-12-14(15(19)20)10(3)18(17-12)13-7-5-4-6-11(13)16/h4-7,9H,8H2,1-3H3,(H,19,20).